The van der Waals surface area contributed by atoms with Gasteiger partial charge in [0, 0.05) is 5.56 Å². The van der Waals surface area contributed by atoms with Gasteiger partial charge in [0.15, 0.2) is 0 Å². The van der Waals surface area contributed by atoms with Crippen molar-refractivity contribution in [3.8, 4) is 5.75 Å². The summed E-state index contributed by atoms with van der Waals surface area (Å²) in [5, 5.41) is 8.84. The Balaban J connectivity index is 3.34. The average molecular weight is 230 g/mol. The van der Waals surface area contributed by atoms with Crippen LogP contribution in [0.5, 0.6) is 5.75 Å². The summed E-state index contributed by atoms with van der Waals surface area (Å²) in [6.45, 7) is -1.76. The highest BCUT2D eigenvalue weighted by Gasteiger charge is 2.19. The summed E-state index contributed by atoms with van der Waals surface area (Å²) in [5.74, 6) is -1.87. The van der Waals surface area contributed by atoms with Crippen LogP contribution in [0.1, 0.15) is 26.3 Å². The molecule has 1 N–H and O–H groups in total. The highest BCUT2D eigenvalue weighted by Crippen LogP contribution is 2.26. The van der Waals surface area contributed by atoms with E-state index in [-0.39, 0.29) is 11.1 Å². The minimum absolute atomic E-state index is 0.0978. The summed E-state index contributed by atoms with van der Waals surface area (Å²) in [6.07, 6.45) is 0.452. The molecule has 1 aromatic rings. The standard InChI is InChI=1S/C10H8F2O4/c1-5-6(4-13)2-3-7(16-10(11)12)8(5)9(14)15/h2-4,10H,1H3,(H,14,15). The van der Waals surface area contributed by atoms with E-state index in [4.69, 9.17) is 5.11 Å². The van der Waals surface area contributed by atoms with Gasteiger partial charge >= 0.3 is 12.6 Å². The first-order valence-electron chi connectivity index (χ1n) is 4.24. The highest BCUT2D eigenvalue weighted by atomic mass is 19.3. The molecule has 0 saturated heterocycles. The summed E-state index contributed by atoms with van der Waals surface area (Å²) in [5.41, 5.74) is -0.204. The molecule has 0 fully saturated rings. The molecule has 0 saturated carbocycles. The normalized spacial score (nSPS) is 10.2. The van der Waals surface area contributed by atoms with Gasteiger partial charge in [-0.05, 0) is 24.6 Å². The number of aldehydes is 1. The molecule has 0 amide bonds. The van der Waals surface area contributed by atoms with E-state index in [0.29, 0.717) is 6.29 Å². The van der Waals surface area contributed by atoms with E-state index in [1.165, 1.54) is 13.0 Å². The summed E-state index contributed by atoms with van der Waals surface area (Å²) in [6, 6.07) is 2.26. The Labute approximate surface area is 89.5 Å². The third kappa shape index (κ3) is 2.33. The molecule has 1 aromatic carbocycles. The number of ether oxygens (including phenoxy) is 1. The Hall–Kier alpha value is -1.98. The second kappa shape index (κ2) is 4.69. The zero-order valence-electron chi connectivity index (χ0n) is 8.24. The Kier molecular flexibility index (Phi) is 3.55. The van der Waals surface area contributed by atoms with Crippen LogP contribution in [0, 0.1) is 6.92 Å². The Morgan fingerprint density at radius 1 is 1.50 bits per heavy atom. The van der Waals surface area contributed by atoms with Gasteiger partial charge in [-0.3, -0.25) is 4.79 Å². The van der Waals surface area contributed by atoms with Gasteiger partial charge in [0.25, 0.3) is 0 Å². The molecule has 16 heavy (non-hydrogen) atoms. The third-order valence-electron chi connectivity index (χ3n) is 2.03. The Morgan fingerprint density at radius 3 is 2.56 bits per heavy atom. The van der Waals surface area contributed by atoms with Crippen molar-refractivity contribution < 1.29 is 28.2 Å². The number of carboxylic acids is 1. The van der Waals surface area contributed by atoms with E-state index in [2.05, 4.69) is 4.74 Å². The van der Waals surface area contributed by atoms with E-state index in [1.54, 1.807) is 0 Å². The van der Waals surface area contributed by atoms with Crippen molar-refractivity contribution in [2.75, 3.05) is 0 Å². The molecule has 0 unspecified atom stereocenters. The van der Waals surface area contributed by atoms with Crippen LogP contribution in [-0.4, -0.2) is 24.0 Å². The van der Waals surface area contributed by atoms with Gasteiger partial charge in [0.2, 0.25) is 0 Å². The smallest absolute Gasteiger partial charge is 0.387 e. The van der Waals surface area contributed by atoms with Crippen molar-refractivity contribution in [1.29, 1.82) is 0 Å². The number of aromatic carboxylic acids is 1. The zero-order valence-corrected chi connectivity index (χ0v) is 8.24. The van der Waals surface area contributed by atoms with Crippen LogP contribution >= 0.6 is 0 Å². The van der Waals surface area contributed by atoms with Crippen LogP contribution in [0.25, 0.3) is 0 Å². The number of hydrogen-bond donors (Lipinski definition) is 1. The number of halogens is 2. The fourth-order valence-electron chi connectivity index (χ4n) is 1.29. The zero-order chi connectivity index (χ0) is 12.3. The molecule has 0 radical (unpaired) electrons. The van der Waals surface area contributed by atoms with Gasteiger partial charge in [-0.1, -0.05) is 0 Å². The van der Waals surface area contributed by atoms with Crippen molar-refractivity contribution in [2.24, 2.45) is 0 Å². The predicted octanol–water partition coefficient (Wildman–Crippen LogP) is 2.11. The predicted molar refractivity (Wildman–Crippen MR) is 50.2 cm³/mol. The molecule has 0 atom stereocenters. The van der Waals surface area contributed by atoms with Crippen LogP contribution in [-0.2, 0) is 0 Å². The molecule has 6 heteroatoms. The molecule has 86 valence electrons. The SMILES string of the molecule is Cc1c(C=O)ccc(OC(F)F)c1C(=O)O. The maximum atomic E-state index is 12.0. The first-order chi connectivity index (χ1) is 7.47. The summed E-state index contributed by atoms with van der Waals surface area (Å²) < 4.78 is 28.0. The van der Waals surface area contributed by atoms with Gasteiger partial charge < -0.3 is 9.84 Å². The number of hydrogen-bond acceptors (Lipinski definition) is 3. The number of carbonyl (C=O) groups is 2. The Morgan fingerprint density at radius 2 is 2.12 bits per heavy atom. The molecule has 0 aliphatic heterocycles. The van der Waals surface area contributed by atoms with Gasteiger partial charge in [0.1, 0.15) is 17.6 Å². The maximum Gasteiger partial charge on any atom is 0.387 e. The second-order valence-corrected chi connectivity index (χ2v) is 2.95. The van der Waals surface area contributed by atoms with E-state index in [1.807, 2.05) is 0 Å². The molecule has 0 aromatic heterocycles. The molecule has 0 bridgehead atoms. The average Bonchev–Trinajstić information content (AvgIpc) is 2.16. The first kappa shape index (κ1) is 12.1. The lowest BCUT2D eigenvalue weighted by Crippen LogP contribution is -2.10. The first-order valence-corrected chi connectivity index (χ1v) is 4.24. The van der Waals surface area contributed by atoms with Crippen molar-refractivity contribution in [3.05, 3.63) is 28.8 Å². The van der Waals surface area contributed by atoms with E-state index in [9.17, 15) is 18.4 Å². The maximum absolute atomic E-state index is 12.0. The largest absolute Gasteiger partial charge is 0.478 e. The molecule has 0 heterocycles. The fourth-order valence-corrected chi connectivity index (χ4v) is 1.29. The lowest BCUT2D eigenvalue weighted by atomic mass is 10.0. The third-order valence-corrected chi connectivity index (χ3v) is 2.03. The fraction of sp³-hybridized carbons (Fsp3) is 0.200. The van der Waals surface area contributed by atoms with Crippen LogP contribution in [0.3, 0.4) is 0 Å². The quantitative estimate of drug-likeness (QED) is 0.804. The summed E-state index contributed by atoms with van der Waals surface area (Å²) >= 11 is 0. The monoisotopic (exact) mass is 230 g/mol. The van der Waals surface area contributed by atoms with Crippen LogP contribution in [0.15, 0.2) is 12.1 Å². The van der Waals surface area contributed by atoms with Crippen molar-refractivity contribution in [3.63, 3.8) is 0 Å². The lowest BCUT2D eigenvalue weighted by Gasteiger charge is -2.11. The van der Waals surface area contributed by atoms with Crippen LogP contribution < -0.4 is 4.74 Å². The molecular formula is C10H8F2O4. The van der Waals surface area contributed by atoms with Crippen LogP contribution in [0.4, 0.5) is 8.78 Å². The number of rotatable bonds is 4. The summed E-state index contributed by atoms with van der Waals surface area (Å²) in [4.78, 5) is 21.4. The Bertz CT molecular complexity index is 429. The van der Waals surface area contributed by atoms with Gasteiger partial charge in [-0.25, -0.2) is 4.79 Å². The van der Waals surface area contributed by atoms with Gasteiger partial charge in [-0.15, -0.1) is 0 Å². The molecule has 0 aliphatic rings. The number of benzene rings is 1. The van der Waals surface area contributed by atoms with E-state index in [0.717, 1.165) is 6.07 Å². The number of alkyl halides is 2. The minimum Gasteiger partial charge on any atom is -0.478 e. The van der Waals surface area contributed by atoms with Crippen LogP contribution in [0.2, 0.25) is 0 Å². The molecular weight excluding hydrogens is 222 g/mol. The molecule has 4 nitrogen and oxygen atoms in total. The van der Waals surface area contributed by atoms with Crippen molar-refractivity contribution in [1.82, 2.24) is 0 Å². The lowest BCUT2D eigenvalue weighted by molar-refractivity contribution is -0.0503. The molecule has 0 aliphatic carbocycles. The minimum atomic E-state index is -3.11. The van der Waals surface area contributed by atoms with E-state index < -0.39 is 23.9 Å². The molecule has 0 spiro atoms. The second-order valence-electron chi connectivity index (χ2n) is 2.95. The number of carboxylic acid groups (broad SMARTS) is 1. The highest BCUT2D eigenvalue weighted by molar-refractivity contribution is 5.95. The topological polar surface area (TPSA) is 63.6 Å². The van der Waals surface area contributed by atoms with Crippen molar-refractivity contribution >= 4 is 12.3 Å². The summed E-state index contributed by atoms with van der Waals surface area (Å²) in [7, 11) is 0. The van der Waals surface area contributed by atoms with E-state index >= 15 is 0 Å². The van der Waals surface area contributed by atoms with Crippen molar-refractivity contribution in [2.45, 2.75) is 13.5 Å². The van der Waals surface area contributed by atoms with Gasteiger partial charge in [0.05, 0.1) is 0 Å². The number of carbonyl (C=O) groups excluding carboxylic acids is 1. The molecule has 1 rings (SSSR count). The van der Waals surface area contributed by atoms with Gasteiger partial charge in [-0.2, -0.15) is 8.78 Å².